The summed E-state index contributed by atoms with van der Waals surface area (Å²) < 4.78 is 8.21. The van der Waals surface area contributed by atoms with Crippen molar-refractivity contribution >= 4 is 45.4 Å². The first-order valence-corrected chi connectivity index (χ1v) is 9.29. The molecule has 0 fully saturated rings. The molecule has 0 unspecified atom stereocenters. The van der Waals surface area contributed by atoms with E-state index in [1.165, 1.54) is 30.5 Å². The van der Waals surface area contributed by atoms with Gasteiger partial charge in [0.25, 0.3) is 0 Å². The van der Waals surface area contributed by atoms with Crippen molar-refractivity contribution in [1.29, 1.82) is 0 Å². The van der Waals surface area contributed by atoms with Crippen LogP contribution in [0.1, 0.15) is 0 Å². The fourth-order valence-corrected chi connectivity index (χ4v) is 5.03. The van der Waals surface area contributed by atoms with E-state index in [4.69, 9.17) is 4.74 Å². The molecule has 0 aliphatic carbocycles. The van der Waals surface area contributed by atoms with Gasteiger partial charge in [0, 0.05) is 0 Å². The molecule has 0 atom stereocenters. The van der Waals surface area contributed by atoms with E-state index in [1.54, 1.807) is 7.11 Å². The molecule has 1 nitrogen and oxygen atoms in total. The molecule has 0 amide bonds. The first-order valence-electron chi connectivity index (χ1n) is 7.57. The molecule has 0 aliphatic rings. The van der Waals surface area contributed by atoms with Crippen LogP contribution in [-0.2, 0) is 0 Å². The predicted octanol–water partition coefficient (Wildman–Crippen LogP) is 3.66. The molecule has 112 valence electrons. The maximum absolute atomic E-state index is 5.40. The molecule has 4 aromatic rings. The summed E-state index contributed by atoms with van der Waals surface area (Å²) in [6, 6.07) is 28.1. The van der Waals surface area contributed by atoms with Crippen LogP contribution in [0.4, 0.5) is 0 Å². The molecule has 0 heterocycles. The summed E-state index contributed by atoms with van der Waals surface area (Å²) in [7, 11) is 1.72. The second-order valence-electron chi connectivity index (χ2n) is 5.42. The van der Waals surface area contributed by atoms with Gasteiger partial charge in [-0.3, -0.25) is 0 Å². The average molecular weight is 363 g/mol. The zero-order valence-corrected chi connectivity index (χ0v) is 14.5. The average Bonchev–Trinajstić information content (AvgIpc) is 2.62. The third-order valence-corrected chi connectivity index (χ3v) is 6.23. The van der Waals surface area contributed by atoms with Gasteiger partial charge in [-0.05, 0) is 0 Å². The van der Waals surface area contributed by atoms with Crippen LogP contribution in [-0.4, -0.2) is 22.1 Å². The van der Waals surface area contributed by atoms with Gasteiger partial charge < -0.3 is 0 Å². The Morgan fingerprint density at radius 3 is 2.22 bits per heavy atom. The summed E-state index contributed by atoms with van der Waals surface area (Å²) >= 11 is 0.290. The molecule has 2 heteroatoms. The number of methoxy groups -OCH3 is 1. The Balaban J connectivity index is 1.97. The van der Waals surface area contributed by atoms with Crippen LogP contribution >= 0.6 is 0 Å². The molecule has 23 heavy (non-hydrogen) atoms. The van der Waals surface area contributed by atoms with Gasteiger partial charge in [-0.25, -0.2) is 0 Å². The van der Waals surface area contributed by atoms with Gasteiger partial charge in [-0.1, -0.05) is 0 Å². The van der Waals surface area contributed by atoms with Crippen LogP contribution in [0.15, 0.2) is 78.9 Å². The number of hydrogen-bond donors (Lipinski definition) is 0. The van der Waals surface area contributed by atoms with Crippen molar-refractivity contribution in [1.82, 2.24) is 0 Å². The Kier molecular flexibility index (Phi) is 3.78. The Labute approximate surface area is 142 Å². The van der Waals surface area contributed by atoms with E-state index in [9.17, 15) is 0 Å². The molecule has 0 radical (unpaired) electrons. The first-order chi connectivity index (χ1) is 11.3. The molecule has 0 aliphatic heterocycles. The minimum absolute atomic E-state index is 0.290. The van der Waals surface area contributed by atoms with Crippen molar-refractivity contribution in [3.05, 3.63) is 78.9 Å². The van der Waals surface area contributed by atoms with E-state index in [0.717, 1.165) is 5.75 Å². The third kappa shape index (κ3) is 2.72. The molecular weight excluding hydrogens is 347 g/mol. The van der Waals surface area contributed by atoms with Gasteiger partial charge >= 0.3 is 142 Å². The van der Waals surface area contributed by atoms with Crippen molar-refractivity contribution < 1.29 is 4.74 Å². The summed E-state index contributed by atoms with van der Waals surface area (Å²) in [5, 5.41) is 5.21. The van der Waals surface area contributed by atoms with Gasteiger partial charge in [0.15, 0.2) is 0 Å². The van der Waals surface area contributed by atoms with Crippen molar-refractivity contribution in [3.63, 3.8) is 0 Å². The quantitative estimate of drug-likeness (QED) is 0.399. The minimum atomic E-state index is 0.290. The van der Waals surface area contributed by atoms with Crippen LogP contribution in [0.25, 0.3) is 21.5 Å². The molecule has 4 aromatic carbocycles. The molecule has 0 spiro atoms. The normalized spacial score (nSPS) is 11.0. The monoisotopic (exact) mass is 364 g/mol. The van der Waals surface area contributed by atoms with Gasteiger partial charge in [0.05, 0.1) is 0 Å². The molecule has 0 saturated heterocycles. The third-order valence-electron chi connectivity index (χ3n) is 4.00. The van der Waals surface area contributed by atoms with Crippen LogP contribution in [0.2, 0.25) is 0 Å². The summed E-state index contributed by atoms with van der Waals surface area (Å²) in [6.07, 6.45) is 0. The van der Waals surface area contributed by atoms with Crippen molar-refractivity contribution in [2.45, 2.75) is 0 Å². The zero-order chi connectivity index (χ0) is 15.6. The SMILES string of the molecule is COc1ccc2c(c1)cc([Se]c1ccccc1)c1ccccc12. The second-order valence-corrected chi connectivity index (χ2v) is 7.76. The molecular formula is C21H16OSe. The zero-order valence-electron chi connectivity index (χ0n) is 12.8. The number of hydrogen-bond acceptors (Lipinski definition) is 1. The predicted molar refractivity (Wildman–Crippen MR) is 99.5 cm³/mol. The number of fused-ring (bicyclic) bond motifs is 3. The van der Waals surface area contributed by atoms with E-state index < -0.39 is 0 Å². The Morgan fingerprint density at radius 2 is 1.43 bits per heavy atom. The van der Waals surface area contributed by atoms with Crippen molar-refractivity contribution in [3.8, 4) is 5.75 Å². The standard InChI is InChI=1S/C21H16OSe/c1-22-16-11-12-18-15(13-16)14-21(20-10-6-5-9-19(18)20)23-17-7-3-2-4-8-17/h2-14H,1H3. The van der Waals surface area contributed by atoms with Crippen LogP contribution in [0.5, 0.6) is 5.75 Å². The number of rotatable bonds is 3. The van der Waals surface area contributed by atoms with E-state index >= 15 is 0 Å². The van der Waals surface area contributed by atoms with Gasteiger partial charge in [0.2, 0.25) is 0 Å². The van der Waals surface area contributed by atoms with Crippen LogP contribution < -0.4 is 13.7 Å². The summed E-state index contributed by atoms with van der Waals surface area (Å²) in [5.74, 6) is 0.908. The molecule has 0 N–H and O–H groups in total. The second kappa shape index (κ2) is 6.08. The molecule has 4 rings (SSSR count). The Morgan fingerprint density at radius 1 is 0.696 bits per heavy atom. The van der Waals surface area contributed by atoms with E-state index in [0.29, 0.717) is 0 Å². The Bertz CT molecular complexity index is 977. The summed E-state index contributed by atoms with van der Waals surface area (Å²) in [5.41, 5.74) is 0. The Hall–Kier alpha value is -2.28. The van der Waals surface area contributed by atoms with Crippen molar-refractivity contribution in [2.24, 2.45) is 0 Å². The van der Waals surface area contributed by atoms with Crippen LogP contribution in [0, 0.1) is 0 Å². The van der Waals surface area contributed by atoms with Gasteiger partial charge in [0.1, 0.15) is 0 Å². The first kappa shape index (κ1) is 14.3. The van der Waals surface area contributed by atoms with E-state index in [-0.39, 0.29) is 15.0 Å². The topological polar surface area (TPSA) is 9.23 Å². The summed E-state index contributed by atoms with van der Waals surface area (Å²) in [4.78, 5) is 0. The molecule has 0 bridgehead atoms. The van der Waals surface area contributed by atoms with E-state index in [1.807, 2.05) is 6.07 Å². The fourth-order valence-electron chi connectivity index (χ4n) is 2.88. The number of ether oxygens (including phenoxy) is 1. The van der Waals surface area contributed by atoms with Crippen molar-refractivity contribution in [2.75, 3.05) is 7.11 Å². The van der Waals surface area contributed by atoms with Gasteiger partial charge in [-0.2, -0.15) is 0 Å². The number of benzene rings is 4. The summed E-state index contributed by atoms with van der Waals surface area (Å²) in [6.45, 7) is 0. The molecule has 0 aromatic heterocycles. The fraction of sp³-hybridized carbons (Fsp3) is 0.0476. The van der Waals surface area contributed by atoms with Crippen LogP contribution in [0.3, 0.4) is 0 Å². The van der Waals surface area contributed by atoms with Gasteiger partial charge in [-0.15, -0.1) is 0 Å². The molecule has 0 saturated carbocycles. The van der Waals surface area contributed by atoms with E-state index in [2.05, 4.69) is 72.8 Å². The maximum atomic E-state index is 5.40.